The molecule has 140 heavy (non-hydrogen) atoms. The van der Waals surface area contributed by atoms with Crippen molar-refractivity contribution in [3.8, 4) is 0 Å². The Labute approximate surface area is 849 Å². The molecule has 33 nitrogen and oxygen atoms in total. The van der Waals surface area contributed by atoms with Gasteiger partial charge in [0.2, 0.25) is 0 Å². The van der Waals surface area contributed by atoms with Crippen LogP contribution < -0.4 is 0 Å². The summed E-state index contributed by atoms with van der Waals surface area (Å²) in [5, 5.41) is 0. The molecule has 0 aromatic heterocycles. The van der Waals surface area contributed by atoms with E-state index in [4.69, 9.17) is 90.0 Å². The van der Waals surface area contributed by atoms with Crippen molar-refractivity contribution in [2.24, 2.45) is 66.5 Å². The van der Waals surface area contributed by atoms with Gasteiger partial charge in [0.15, 0.2) is 55.1 Å². The summed E-state index contributed by atoms with van der Waals surface area (Å²) in [6.07, 6.45) is 0.938. The molecule has 33 heteroatoms. The second-order valence-electron chi connectivity index (χ2n) is 45.8. The largest absolute Gasteiger partial charge is 0.466 e. The van der Waals surface area contributed by atoms with Crippen molar-refractivity contribution in [1.82, 2.24) is 0 Å². The van der Waals surface area contributed by atoms with Crippen molar-refractivity contribution in [2.75, 3.05) is 122 Å². The molecular weight excluding hydrogens is 1810 g/mol. The Bertz CT molecular complexity index is 3220. The number of Topliss-reactive ketones (excluding diaryl/α,β-unsaturated/α-hetero) is 1. The Kier molecular flexibility index (Phi) is 85.0. The maximum Gasteiger partial charge on any atom is 0.347 e. The van der Waals surface area contributed by atoms with Crippen molar-refractivity contribution >= 4 is 71.4 Å². The zero-order valence-corrected chi connectivity index (χ0v) is 97.9. The van der Waals surface area contributed by atoms with Gasteiger partial charge in [-0.05, 0) is 191 Å². The van der Waals surface area contributed by atoms with E-state index in [0.29, 0.717) is 80.1 Å². The molecule has 0 fully saturated rings. The Morgan fingerprint density at radius 1 is 0.243 bits per heavy atom. The number of ether oxygens (including phenoxy) is 21. The van der Waals surface area contributed by atoms with E-state index in [2.05, 4.69) is 148 Å². The number of hydrogen-bond acceptors (Lipinski definition) is 33. The van der Waals surface area contributed by atoms with E-state index in [1.54, 1.807) is 56.1 Å². The highest BCUT2D eigenvalue weighted by Crippen LogP contribution is 2.31. The first-order valence-corrected chi connectivity index (χ1v) is 49.3. The monoisotopic (exact) mass is 2020 g/mol. The van der Waals surface area contributed by atoms with Crippen LogP contribution in [0.5, 0.6) is 0 Å². The van der Waals surface area contributed by atoms with Gasteiger partial charge in [-0.2, -0.15) is 0 Å². The third-order valence-corrected chi connectivity index (χ3v) is 20.4. The number of esters is 11. The van der Waals surface area contributed by atoms with Crippen molar-refractivity contribution < 1.29 is 157 Å². The van der Waals surface area contributed by atoms with Crippen LogP contribution in [0.2, 0.25) is 0 Å². The molecule has 16 atom stereocenters. The van der Waals surface area contributed by atoms with E-state index in [0.717, 1.165) is 58.2 Å². The highest BCUT2D eigenvalue weighted by Gasteiger charge is 2.36. The summed E-state index contributed by atoms with van der Waals surface area (Å²) in [5.41, 5.74) is 0.952. The minimum atomic E-state index is -1.07. The lowest BCUT2D eigenvalue weighted by Crippen LogP contribution is -2.36. The van der Waals surface area contributed by atoms with Crippen molar-refractivity contribution in [3.63, 3.8) is 0 Å². The van der Waals surface area contributed by atoms with E-state index >= 15 is 0 Å². The Balaban J connectivity index is -0.000000198. The molecule has 0 saturated heterocycles. The van der Waals surface area contributed by atoms with Gasteiger partial charge in [-0.3, -0.25) is 19.2 Å². The second kappa shape index (κ2) is 78.8. The minimum Gasteiger partial charge on any atom is -0.466 e. The zero-order valence-electron chi connectivity index (χ0n) is 97.9. The molecule has 834 valence electrons. The molecule has 0 amide bonds. The van der Waals surface area contributed by atoms with Gasteiger partial charge in [-0.15, -0.1) is 0 Å². The van der Waals surface area contributed by atoms with Crippen molar-refractivity contribution in [2.45, 2.75) is 436 Å². The molecule has 0 spiro atoms. The number of carbonyl (C=O) groups excluding carboxylic acids is 12. The first-order chi connectivity index (χ1) is 63.3. The maximum absolute atomic E-state index is 11.9. The molecule has 0 aliphatic heterocycles. The zero-order chi connectivity index (χ0) is 112. The van der Waals surface area contributed by atoms with E-state index in [9.17, 15) is 57.5 Å². The quantitative estimate of drug-likeness (QED) is 0.0310. The van der Waals surface area contributed by atoms with Crippen molar-refractivity contribution in [3.05, 3.63) is 0 Å². The van der Waals surface area contributed by atoms with Gasteiger partial charge in [0.1, 0.15) is 6.61 Å². The van der Waals surface area contributed by atoms with Gasteiger partial charge in [-0.1, -0.05) is 215 Å². The fraction of sp³-hybridized carbons (Fsp3) is 0.888. The van der Waals surface area contributed by atoms with Crippen LogP contribution in [0.1, 0.15) is 357 Å². The first-order valence-electron chi connectivity index (χ1n) is 49.3. The van der Waals surface area contributed by atoms with Gasteiger partial charge >= 0.3 is 65.7 Å². The third kappa shape index (κ3) is 100. The van der Waals surface area contributed by atoms with E-state index < -0.39 is 102 Å². The molecule has 0 N–H and O–H groups in total. The van der Waals surface area contributed by atoms with Crippen LogP contribution in [-0.4, -0.2) is 273 Å². The smallest absolute Gasteiger partial charge is 0.347 e. The fourth-order valence-corrected chi connectivity index (χ4v) is 9.52. The maximum atomic E-state index is 11.9. The van der Waals surface area contributed by atoms with Gasteiger partial charge in [-0.25, -0.2) is 38.4 Å². The molecule has 0 rings (SSSR count). The summed E-state index contributed by atoms with van der Waals surface area (Å²) in [6, 6.07) is 0. The highest BCUT2D eigenvalue weighted by atomic mass is 16.6. The van der Waals surface area contributed by atoms with Gasteiger partial charge in [0.25, 0.3) is 0 Å². The first kappa shape index (κ1) is 151. The topological polar surface area (TPSA) is 399 Å². The Hall–Kier alpha value is -6.56. The molecule has 0 radical (unpaired) electrons. The lowest BCUT2D eigenvalue weighted by Gasteiger charge is -2.26. The van der Waals surface area contributed by atoms with E-state index in [1.165, 1.54) is 69.8 Å². The fourth-order valence-electron chi connectivity index (χ4n) is 9.52. The predicted molar refractivity (Wildman–Crippen MR) is 547 cm³/mol. The standard InChI is InChI=1S/C14H24O6.C14H24O5.C14H26O4.C13H24O5.C12H22O5.2C11H24O2.2C9H20O2/c1-8(14(4,5)6)11(15)19-10(3)13(17)20-9(2)12(16)18-7;1-8(14(5,6)7)12(16)19-11(4)13(17)18-10(3)9(2)15;1-8-9(2)17-13(16)11(4)18-12(15)10(3)14(5,6)7;1-9(7-13(3,4)5)17-12(15)10(2)18-11(14)8-16-6;1-9(15-5)11(14)17-8-10(13)16-7-6-12(2,3)4;2*1-9(7-11(3,4)5)13-8-10(2)12-6;2*1-9(2,3)5-6-11-8-7-10-4/h8-10H,1-7H3;8,10-11H,1-7H3;9-11H,8H2,1-7H3;9-10H,7-8H2,1-6H3;9H,6-8H2,1-5H3;2*9-10H,7-8H2,1-6H3;2*5-8H2,1-4H3. The molecule has 0 saturated carbocycles. The molecule has 16 unspecified atom stereocenters. The van der Waals surface area contributed by atoms with Crippen molar-refractivity contribution in [1.29, 1.82) is 0 Å². The number of rotatable bonds is 47. The van der Waals surface area contributed by atoms with E-state index in [-0.39, 0.29) is 94.2 Å². The molecule has 0 aliphatic rings. The molecule has 0 aromatic carbocycles. The van der Waals surface area contributed by atoms with Gasteiger partial charge in [0, 0.05) is 55.9 Å². The van der Waals surface area contributed by atoms with Gasteiger partial charge < -0.3 is 99.5 Å². The summed E-state index contributed by atoms with van der Waals surface area (Å²) in [5.74, 6) is -7.38. The number of carbonyl (C=O) groups is 12. The van der Waals surface area contributed by atoms with Gasteiger partial charge in [0.05, 0.1) is 108 Å². The summed E-state index contributed by atoms with van der Waals surface area (Å²) in [6.45, 7) is 92.8. The summed E-state index contributed by atoms with van der Waals surface area (Å²) in [7, 11) is 10.8. The molecule has 0 aromatic rings. The predicted octanol–water partition coefficient (Wildman–Crippen LogP) is 20.1. The number of hydrogen-bond donors (Lipinski definition) is 0. The van der Waals surface area contributed by atoms with Crippen LogP contribution in [0.3, 0.4) is 0 Å². The minimum absolute atomic E-state index is 0.0790. The molecule has 0 heterocycles. The number of methoxy groups -OCH3 is 7. The summed E-state index contributed by atoms with van der Waals surface area (Å²) >= 11 is 0. The summed E-state index contributed by atoms with van der Waals surface area (Å²) in [4.78, 5) is 138. The SMILES string of the molecule is CC(=O)C(C)OC(=O)C(C)OC(=O)C(C)C(C)(C)C.CCC(C)OC(=O)C(C)OC(=O)C(C)C(C)(C)C.COC(=O)C(C)OC(=O)C(C)OC(=O)C(C)C(C)(C)C.COC(C)C(=O)OCC(=O)OCCC(C)(C)C.COC(C)COC(C)CC(C)(C)C.COC(C)COC(C)CC(C)(C)C.COCC(=O)OC(C)C(=O)OC(C)CC(C)(C)C.COCCOCCC(C)(C)C.COCCOCCC(C)(C)C. The normalized spacial score (nSPS) is 15.1. The number of ketones is 1. The Morgan fingerprint density at radius 2 is 0.529 bits per heavy atom. The lowest BCUT2D eigenvalue weighted by molar-refractivity contribution is -0.178. The molecular formula is C107H208O33. The second-order valence-corrected chi connectivity index (χ2v) is 45.8. The van der Waals surface area contributed by atoms with Crippen LogP contribution in [0, 0.1) is 66.5 Å². The average Bonchev–Trinajstić information content (AvgIpc) is 0.872. The third-order valence-electron chi connectivity index (χ3n) is 20.4. The van der Waals surface area contributed by atoms with Crippen LogP contribution in [-0.2, 0) is 157 Å². The van der Waals surface area contributed by atoms with Crippen LogP contribution >= 0.6 is 0 Å². The summed E-state index contributed by atoms with van der Waals surface area (Å²) < 4.78 is 105. The van der Waals surface area contributed by atoms with Crippen LogP contribution in [0.25, 0.3) is 0 Å². The van der Waals surface area contributed by atoms with Crippen LogP contribution in [0.15, 0.2) is 0 Å². The molecule has 0 bridgehead atoms. The average molecular weight is 2020 g/mol. The van der Waals surface area contributed by atoms with Crippen LogP contribution in [0.4, 0.5) is 0 Å². The van der Waals surface area contributed by atoms with E-state index in [1.807, 2.05) is 96.9 Å². The highest BCUT2D eigenvalue weighted by molar-refractivity contribution is 5.86. The lowest BCUT2D eigenvalue weighted by atomic mass is 9.82. The Morgan fingerprint density at radius 3 is 0.800 bits per heavy atom. The molecule has 0 aliphatic carbocycles.